The van der Waals surface area contributed by atoms with Crippen molar-refractivity contribution in [2.24, 2.45) is 11.7 Å². The molecule has 2 N–H and O–H groups in total. The maximum Gasteiger partial charge on any atom is 0.203 e. The maximum atomic E-state index is 6.22. The second-order valence-electron chi connectivity index (χ2n) is 4.74. The summed E-state index contributed by atoms with van der Waals surface area (Å²) in [5, 5.41) is 0. The first kappa shape index (κ1) is 15.9. The predicted molar refractivity (Wildman–Crippen MR) is 77.6 cm³/mol. The largest absolute Gasteiger partial charge is 0.493 e. The molecule has 0 saturated heterocycles. The zero-order valence-corrected chi connectivity index (χ0v) is 12.5. The van der Waals surface area contributed by atoms with Gasteiger partial charge in [-0.1, -0.05) is 12.8 Å². The molecule has 19 heavy (non-hydrogen) atoms. The lowest BCUT2D eigenvalue weighted by Gasteiger charge is -2.17. The van der Waals surface area contributed by atoms with Crippen molar-refractivity contribution in [3.63, 3.8) is 0 Å². The highest BCUT2D eigenvalue weighted by atomic mass is 35.5. The van der Waals surface area contributed by atoms with Gasteiger partial charge in [-0.3, -0.25) is 0 Å². The molecule has 0 radical (unpaired) electrons. The summed E-state index contributed by atoms with van der Waals surface area (Å²) >= 11 is 0. The average molecular weight is 288 g/mol. The Hall–Kier alpha value is -1.13. The van der Waals surface area contributed by atoms with Gasteiger partial charge in [0.15, 0.2) is 11.5 Å². The number of halogens is 1. The van der Waals surface area contributed by atoms with Gasteiger partial charge in [-0.2, -0.15) is 0 Å². The Labute approximate surface area is 120 Å². The molecule has 1 aliphatic carbocycles. The fourth-order valence-corrected chi connectivity index (χ4v) is 2.16. The van der Waals surface area contributed by atoms with E-state index in [-0.39, 0.29) is 18.4 Å². The third kappa shape index (κ3) is 3.67. The van der Waals surface area contributed by atoms with Crippen molar-refractivity contribution >= 4 is 12.4 Å². The van der Waals surface area contributed by atoms with Gasteiger partial charge in [-0.05, 0) is 30.0 Å². The molecular formula is C14H22ClNO3. The van der Waals surface area contributed by atoms with Gasteiger partial charge in [0.1, 0.15) is 0 Å². The van der Waals surface area contributed by atoms with E-state index < -0.39 is 0 Å². The molecular weight excluding hydrogens is 266 g/mol. The summed E-state index contributed by atoms with van der Waals surface area (Å²) in [5.74, 6) is 2.73. The van der Waals surface area contributed by atoms with Gasteiger partial charge in [-0.15, -0.1) is 12.4 Å². The van der Waals surface area contributed by atoms with Crippen LogP contribution in [0.5, 0.6) is 17.2 Å². The number of ether oxygens (including phenoxy) is 3. The Balaban J connectivity index is 0.00000180. The fourth-order valence-electron chi connectivity index (χ4n) is 2.16. The highest BCUT2D eigenvalue weighted by molar-refractivity contribution is 5.85. The van der Waals surface area contributed by atoms with E-state index in [9.17, 15) is 0 Å². The number of hydrogen-bond donors (Lipinski definition) is 1. The Bertz CT molecular complexity index is 396. The van der Waals surface area contributed by atoms with Gasteiger partial charge in [0.2, 0.25) is 5.75 Å². The summed E-state index contributed by atoms with van der Waals surface area (Å²) in [6, 6.07) is 3.91. The van der Waals surface area contributed by atoms with E-state index in [2.05, 4.69) is 0 Å². The van der Waals surface area contributed by atoms with Gasteiger partial charge < -0.3 is 19.9 Å². The molecule has 0 aliphatic heterocycles. The normalized spacial score (nSPS) is 15.4. The minimum atomic E-state index is 0. The van der Waals surface area contributed by atoms with Crippen LogP contribution in [0.25, 0.3) is 0 Å². The van der Waals surface area contributed by atoms with Crippen molar-refractivity contribution in [3.8, 4) is 17.2 Å². The van der Waals surface area contributed by atoms with E-state index in [0.717, 1.165) is 17.9 Å². The van der Waals surface area contributed by atoms with Crippen LogP contribution in [-0.4, -0.2) is 21.3 Å². The van der Waals surface area contributed by atoms with Crippen LogP contribution in [0.15, 0.2) is 12.1 Å². The molecule has 0 amide bonds. The standard InChI is InChI=1S/C14H21NO3.ClH/c1-16-12-7-10(11(15)6-9-4-5-9)8-13(17-2)14(12)18-3;/h7-9,11H,4-6,15H2,1-3H3;1H/t11-;/m0./s1. The van der Waals surface area contributed by atoms with Gasteiger partial charge in [-0.25, -0.2) is 0 Å². The summed E-state index contributed by atoms with van der Waals surface area (Å²) in [6.45, 7) is 0. The first-order chi connectivity index (χ1) is 8.69. The molecule has 1 atom stereocenters. The van der Waals surface area contributed by atoms with Crippen LogP contribution >= 0.6 is 12.4 Å². The third-order valence-electron chi connectivity index (χ3n) is 3.40. The van der Waals surface area contributed by atoms with Crippen molar-refractivity contribution in [1.29, 1.82) is 0 Å². The zero-order valence-electron chi connectivity index (χ0n) is 11.6. The Morgan fingerprint density at radius 1 is 1.11 bits per heavy atom. The van der Waals surface area contributed by atoms with Crippen LogP contribution in [0, 0.1) is 5.92 Å². The lowest BCUT2D eigenvalue weighted by molar-refractivity contribution is 0.323. The second-order valence-corrected chi connectivity index (χ2v) is 4.74. The van der Waals surface area contributed by atoms with Crippen molar-refractivity contribution in [3.05, 3.63) is 17.7 Å². The van der Waals surface area contributed by atoms with Gasteiger partial charge in [0, 0.05) is 6.04 Å². The minimum absolute atomic E-state index is 0. The molecule has 0 bridgehead atoms. The number of benzene rings is 1. The Morgan fingerprint density at radius 3 is 2.00 bits per heavy atom. The molecule has 2 rings (SSSR count). The minimum Gasteiger partial charge on any atom is -0.493 e. The van der Waals surface area contributed by atoms with Crippen LogP contribution in [0.1, 0.15) is 30.9 Å². The molecule has 0 heterocycles. The van der Waals surface area contributed by atoms with Crippen molar-refractivity contribution in [2.75, 3.05) is 21.3 Å². The van der Waals surface area contributed by atoms with Crippen LogP contribution < -0.4 is 19.9 Å². The number of rotatable bonds is 6. The number of nitrogens with two attached hydrogens (primary N) is 1. The summed E-state index contributed by atoms with van der Waals surface area (Å²) < 4.78 is 16.0. The molecule has 1 fully saturated rings. The zero-order chi connectivity index (χ0) is 13.1. The lowest BCUT2D eigenvalue weighted by atomic mass is 10.0. The molecule has 1 saturated carbocycles. The van der Waals surface area contributed by atoms with E-state index in [1.807, 2.05) is 12.1 Å². The molecule has 0 aromatic heterocycles. The maximum absolute atomic E-state index is 6.22. The molecule has 1 aliphatic rings. The predicted octanol–water partition coefficient (Wildman–Crippen LogP) is 2.93. The third-order valence-corrected chi connectivity index (χ3v) is 3.40. The van der Waals surface area contributed by atoms with E-state index in [1.54, 1.807) is 21.3 Å². The van der Waals surface area contributed by atoms with Gasteiger partial charge >= 0.3 is 0 Å². The number of hydrogen-bond acceptors (Lipinski definition) is 4. The second kappa shape index (κ2) is 6.87. The highest BCUT2D eigenvalue weighted by Crippen LogP contribution is 2.42. The molecule has 5 heteroatoms. The summed E-state index contributed by atoms with van der Waals surface area (Å²) in [6.07, 6.45) is 3.63. The topological polar surface area (TPSA) is 53.7 Å². The quantitative estimate of drug-likeness (QED) is 0.874. The lowest BCUT2D eigenvalue weighted by Crippen LogP contribution is -2.11. The molecule has 1 aromatic rings. The van der Waals surface area contributed by atoms with E-state index >= 15 is 0 Å². The monoisotopic (exact) mass is 287 g/mol. The van der Waals surface area contributed by atoms with E-state index in [1.165, 1.54) is 12.8 Å². The summed E-state index contributed by atoms with van der Waals surface area (Å²) in [7, 11) is 4.84. The first-order valence-corrected chi connectivity index (χ1v) is 6.25. The van der Waals surface area contributed by atoms with E-state index in [4.69, 9.17) is 19.9 Å². The van der Waals surface area contributed by atoms with Gasteiger partial charge in [0.05, 0.1) is 21.3 Å². The van der Waals surface area contributed by atoms with Crippen LogP contribution in [0.4, 0.5) is 0 Å². The number of methoxy groups -OCH3 is 3. The molecule has 0 spiro atoms. The highest BCUT2D eigenvalue weighted by Gasteiger charge is 2.25. The molecule has 1 aromatic carbocycles. The van der Waals surface area contributed by atoms with Gasteiger partial charge in [0.25, 0.3) is 0 Å². The molecule has 4 nitrogen and oxygen atoms in total. The Morgan fingerprint density at radius 2 is 1.63 bits per heavy atom. The molecule has 108 valence electrons. The van der Waals surface area contributed by atoms with Crippen LogP contribution in [0.2, 0.25) is 0 Å². The smallest absolute Gasteiger partial charge is 0.203 e. The Kier molecular flexibility index (Phi) is 5.76. The molecule has 0 unspecified atom stereocenters. The SMILES string of the molecule is COc1cc([C@@H](N)CC2CC2)cc(OC)c1OC.Cl. The average Bonchev–Trinajstić information content (AvgIpc) is 3.20. The van der Waals surface area contributed by atoms with Crippen LogP contribution in [-0.2, 0) is 0 Å². The van der Waals surface area contributed by atoms with Crippen molar-refractivity contribution < 1.29 is 14.2 Å². The summed E-state index contributed by atoms with van der Waals surface area (Å²) in [5.41, 5.74) is 7.26. The van der Waals surface area contributed by atoms with Crippen molar-refractivity contribution in [1.82, 2.24) is 0 Å². The van der Waals surface area contributed by atoms with E-state index in [0.29, 0.717) is 17.2 Å². The van der Waals surface area contributed by atoms with Crippen molar-refractivity contribution in [2.45, 2.75) is 25.3 Å². The summed E-state index contributed by atoms with van der Waals surface area (Å²) in [4.78, 5) is 0. The fraction of sp³-hybridized carbons (Fsp3) is 0.571. The van der Waals surface area contributed by atoms with Crippen LogP contribution in [0.3, 0.4) is 0 Å². The first-order valence-electron chi connectivity index (χ1n) is 6.25.